The number of likely N-dealkylation sites (tertiary alicyclic amines) is 1. The van der Waals surface area contributed by atoms with Crippen molar-refractivity contribution in [2.45, 2.75) is 114 Å². The Kier molecular flexibility index (Phi) is 16.5. The first-order valence-electron chi connectivity index (χ1n) is 23.9. The fourth-order valence-corrected chi connectivity index (χ4v) is 10.0. The van der Waals surface area contributed by atoms with Gasteiger partial charge in [-0.1, -0.05) is 45.0 Å². The monoisotopic (exact) mass is 986 g/mol. The molecule has 1 aliphatic carbocycles. The van der Waals surface area contributed by atoms with Crippen LogP contribution in [0.5, 0.6) is 5.75 Å². The minimum atomic E-state index is -3.91. The number of sulfone groups is 1. The number of benzene rings is 3. The zero-order valence-electron chi connectivity index (χ0n) is 41.3. The minimum absolute atomic E-state index is 0.0125. The van der Waals surface area contributed by atoms with Crippen LogP contribution in [0.1, 0.15) is 84.9 Å². The molecule has 378 valence electrons. The van der Waals surface area contributed by atoms with E-state index in [4.69, 9.17) is 18.9 Å². The summed E-state index contributed by atoms with van der Waals surface area (Å²) in [6, 6.07) is 14.8. The number of aromatic amines is 1. The summed E-state index contributed by atoms with van der Waals surface area (Å²) in [7, 11) is -2.24. The van der Waals surface area contributed by atoms with Gasteiger partial charge in [0.1, 0.15) is 35.2 Å². The molecule has 1 aliphatic heterocycles. The van der Waals surface area contributed by atoms with E-state index in [1.807, 2.05) is 39.0 Å². The number of carbonyl (C=O) groups is 3. The number of likely N-dealkylation sites (N-methyl/N-ethyl adjacent to an activating group) is 1. The van der Waals surface area contributed by atoms with Crippen molar-refractivity contribution in [3.63, 3.8) is 0 Å². The molecule has 17 nitrogen and oxygen atoms in total. The molecule has 0 spiro atoms. The lowest BCUT2D eigenvalue weighted by molar-refractivity contribution is -0.144. The Morgan fingerprint density at radius 3 is 2.39 bits per heavy atom. The zero-order valence-corrected chi connectivity index (χ0v) is 42.1. The van der Waals surface area contributed by atoms with Crippen LogP contribution in [0.4, 0.5) is 15.9 Å². The van der Waals surface area contributed by atoms with Crippen molar-refractivity contribution in [3.8, 4) is 5.75 Å². The van der Waals surface area contributed by atoms with Crippen LogP contribution in [0.25, 0.3) is 21.8 Å². The predicted octanol–water partition coefficient (Wildman–Crippen LogP) is 6.30. The first kappa shape index (κ1) is 52.1. The number of anilines is 2. The maximum absolute atomic E-state index is 14.4. The van der Waals surface area contributed by atoms with Gasteiger partial charge in [-0.15, -0.1) is 0 Å². The van der Waals surface area contributed by atoms with Gasteiger partial charge in [-0.05, 0) is 101 Å². The number of fused-ring (bicyclic) bond motifs is 3. The molecule has 7 rings (SSSR count). The van der Waals surface area contributed by atoms with Crippen molar-refractivity contribution < 1.29 is 46.1 Å². The smallest absolute Gasteiger partial charge is 0.246 e. The summed E-state index contributed by atoms with van der Waals surface area (Å²) in [5.74, 6) is -0.839. The number of amides is 3. The van der Waals surface area contributed by atoms with Gasteiger partial charge in [0, 0.05) is 36.0 Å². The Balaban J connectivity index is 0.924. The molecule has 5 aromatic rings. The normalized spacial score (nSPS) is 18.4. The summed E-state index contributed by atoms with van der Waals surface area (Å²) in [6.45, 7) is 13.5. The Morgan fingerprint density at radius 2 is 1.66 bits per heavy atom. The second-order valence-electron chi connectivity index (χ2n) is 20.0. The zero-order chi connectivity index (χ0) is 50.4. The Bertz CT molecular complexity index is 2770. The molecule has 3 amide bonds. The third-order valence-electron chi connectivity index (χ3n) is 12.9. The number of aromatic nitrogens is 3. The van der Waals surface area contributed by atoms with Crippen LogP contribution in [0, 0.1) is 11.2 Å². The van der Waals surface area contributed by atoms with Crippen molar-refractivity contribution in [2.24, 2.45) is 5.41 Å². The summed E-state index contributed by atoms with van der Waals surface area (Å²) in [5.41, 5.74) is 3.27. The molecule has 5 N–H and O–H groups in total. The molecule has 0 radical (unpaired) electrons. The molecule has 3 heterocycles. The van der Waals surface area contributed by atoms with Gasteiger partial charge in [0.2, 0.25) is 17.7 Å². The molecular formula is C51H67FN8O9S. The molecule has 0 bridgehead atoms. The topological polar surface area (TPSA) is 215 Å². The number of carbonyl (C=O) groups excluding carboxylic acids is 3. The number of pyridine rings is 1. The maximum Gasteiger partial charge on any atom is 0.246 e. The number of ether oxygens (including phenoxy) is 4. The van der Waals surface area contributed by atoms with Gasteiger partial charge in [0.05, 0.1) is 72.7 Å². The van der Waals surface area contributed by atoms with Crippen LogP contribution < -0.4 is 26.0 Å². The number of halogens is 1. The summed E-state index contributed by atoms with van der Waals surface area (Å²) < 4.78 is 64.7. The maximum atomic E-state index is 14.4. The summed E-state index contributed by atoms with van der Waals surface area (Å²) in [6.07, 6.45) is 4.08. The standard InChI is InChI=1S/C51H67FN8O9S/c1-31(53-8)47(61)57-45(50(2,3)4)49(63)60-30-34(27-42(60)48(62)56-38-15-11-13-32-12-9-10-14-35(32)38)68-24-22-66-20-21-67-23-25-69-43-29-41-36(28-44(43)70(64,65)51(5,6)7)39(18-19-54-41)55-46-37-26-33(52)16-17-40(37)58-59-46/h9-10,12,14,16-19,26,28-29,31,34,38,42,45,53H,11,13,15,20-25,27,30H2,1-8H3,(H,56,62)(H,57,61)(H2,54,55,58,59)/t31-,34-,38+,42-,45+/m0/s1. The van der Waals surface area contributed by atoms with Crippen LogP contribution in [-0.2, 0) is 44.9 Å². The fourth-order valence-electron chi connectivity index (χ4n) is 8.73. The summed E-state index contributed by atoms with van der Waals surface area (Å²) >= 11 is 0. The quantitative estimate of drug-likeness (QED) is 0.0543. The van der Waals surface area contributed by atoms with Crippen molar-refractivity contribution in [1.82, 2.24) is 36.0 Å². The van der Waals surface area contributed by atoms with E-state index >= 15 is 0 Å². The van der Waals surface area contributed by atoms with Crippen LogP contribution in [0.15, 0.2) is 71.8 Å². The van der Waals surface area contributed by atoms with Crippen molar-refractivity contribution in [1.29, 1.82) is 0 Å². The molecule has 0 saturated carbocycles. The first-order chi connectivity index (χ1) is 33.3. The SMILES string of the molecule is CN[C@@H](C)C(=O)N[C@H](C(=O)N1C[C@@H](OCCOCCOCCOc2cc3nccc(Nc4n[nH]c5ccc(F)cc45)c3cc2S(=O)(=O)C(C)(C)C)C[C@H]1C(=O)N[C@@H]1CCCc2ccccc21)C(C)(C)C. The Labute approximate surface area is 409 Å². The highest BCUT2D eigenvalue weighted by molar-refractivity contribution is 7.92. The predicted molar refractivity (Wildman–Crippen MR) is 265 cm³/mol. The number of nitrogens with zero attached hydrogens (tertiary/aromatic N) is 3. The number of hydrogen-bond donors (Lipinski definition) is 5. The lowest BCUT2D eigenvalue weighted by Gasteiger charge is -2.36. The minimum Gasteiger partial charge on any atom is -0.490 e. The van der Waals surface area contributed by atoms with Gasteiger partial charge >= 0.3 is 0 Å². The van der Waals surface area contributed by atoms with Gasteiger partial charge in [-0.3, -0.25) is 24.5 Å². The summed E-state index contributed by atoms with van der Waals surface area (Å²) in [4.78, 5) is 47.6. The number of rotatable bonds is 20. The second-order valence-corrected chi connectivity index (χ2v) is 22.6. The van der Waals surface area contributed by atoms with E-state index in [2.05, 4.69) is 42.5 Å². The van der Waals surface area contributed by atoms with Crippen LogP contribution >= 0.6 is 0 Å². The molecule has 1 saturated heterocycles. The third kappa shape index (κ3) is 12.1. The lowest BCUT2D eigenvalue weighted by Crippen LogP contribution is -2.59. The van der Waals surface area contributed by atoms with Crippen LogP contribution in [0.3, 0.4) is 0 Å². The fraction of sp³-hybridized carbons (Fsp3) is 0.510. The molecular weight excluding hydrogens is 920 g/mol. The Morgan fingerprint density at radius 1 is 0.929 bits per heavy atom. The molecule has 5 atom stereocenters. The lowest BCUT2D eigenvalue weighted by atomic mass is 9.85. The first-order valence-corrected chi connectivity index (χ1v) is 25.4. The molecule has 70 heavy (non-hydrogen) atoms. The summed E-state index contributed by atoms with van der Waals surface area (Å²) in [5, 5.41) is 20.5. The third-order valence-corrected chi connectivity index (χ3v) is 15.4. The van der Waals surface area contributed by atoms with Crippen molar-refractivity contribution in [2.75, 3.05) is 58.6 Å². The molecule has 1 fully saturated rings. The molecule has 2 aromatic heterocycles. The van der Waals surface area contributed by atoms with Crippen LogP contribution in [0.2, 0.25) is 0 Å². The van der Waals surface area contributed by atoms with E-state index in [1.165, 1.54) is 23.8 Å². The van der Waals surface area contributed by atoms with E-state index in [9.17, 15) is 27.2 Å². The number of aryl methyl sites for hydroxylation is 1. The molecule has 19 heteroatoms. The van der Waals surface area contributed by atoms with E-state index in [0.29, 0.717) is 33.3 Å². The largest absolute Gasteiger partial charge is 0.490 e. The number of H-pyrrole nitrogens is 1. The average molecular weight is 987 g/mol. The molecule has 2 aliphatic rings. The van der Waals surface area contributed by atoms with E-state index in [1.54, 1.807) is 64.0 Å². The van der Waals surface area contributed by atoms with E-state index in [-0.39, 0.29) is 87.0 Å². The highest BCUT2D eigenvalue weighted by atomic mass is 32.2. The van der Waals surface area contributed by atoms with E-state index < -0.39 is 50.0 Å². The highest BCUT2D eigenvalue weighted by Crippen LogP contribution is 2.38. The van der Waals surface area contributed by atoms with Crippen molar-refractivity contribution >= 4 is 60.9 Å². The highest BCUT2D eigenvalue weighted by Gasteiger charge is 2.46. The molecule has 3 aromatic carbocycles. The number of hydrogen-bond acceptors (Lipinski definition) is 13. The van der Waals surface area contributed by atoms with Gasteiger partial charge in [0.25, 0.3) is 0 Å². The Hall–Kier alpha value is -5.73. The average Bonchev–Trinajstić information content (AvgIpc) is 3.94. The van der Waals surface area contributed by atoms with Gasteiger partial charge in [0.15, 0.2) is 15.7 Å². The molecule has 0 unspecified atom stereocenters. The second kappa shape index (κ2) is 22.1. The van der Waals surface area contributed by atoms with Gasteiger partial charge in [-0.25, -0.2) is 12.8 Å². The van der Waals surface area contributed by atoms with Gasteiger partial charge in [-0.2, -0.15) is 5.10 Å². The number of nitrogens with one attached hydrogen (secondary N) is 5. The van der Waals surface area contributed by atoms with Gasteiger partial charge < -0.3 is 45.1 Å². The van der Waals surface area contributed by atoms with Crippen LogP contribution in [-0.4, -0.2) is 128 Å². The van der Waals surface area contributed by atoms with Crippen molar-refractivity contribution in [3.05, 3.63) is 83.8 Å². The van der Waals surface area contributed by atoms with E-state index in [0.717, 1.165) is 24.8 Å².